The molecule has 4 nitrogen and oxygen atoms in total. The molecule has 0 aromatic carbocycles. The number of likely N-dealkylation sites (N-methyl/N-ethyl adjacent to an activating group) is 1. The standard InChI is InChI=1S/C6H14N2O2/c1-5(9)4-8(2,3)6(7)10/h5,9H,4H2,1-3H3,(H-,7,10)/p+1. The van der Waals surface area contributed by atoms with Crippen LogP contribution in [0.3, 0.4) is 0 Å². The molecule has 1 atom stereocenters. The van der Waals surface area contributed by atoms with Crippen LogP contribution < -0.4 is 5.73 Å². The molecule has 2 amide bonds. The number of aliphatic hydroxyl groups excluding tert-OH is 1. The van der Waals surface area contributed by atoms with Crippen molar-refractivity contribution >= 4 is 6.03 Å². The lowest BCUT2D eigenvalue weighted by Gasteiger charge is -2.25. The maximum Gasteiger partial charge on any atom is 0.413 e. The molecule has 0 aromatic rings. The van der Waals surface area contributed by atoms with Crippen LogP contribution in [0.25, 0.3) is 0 Å². The second-order valence-corrected chi connectivity index (χ2v) is 3.05. The summed E-state index contributed by atoms with van der Waals surface area (Å²) in [6.07, 6.45) is -0.498. The number of hydrogen-bond acceptors (Lipinski definition) is 2. The van der Waals surface area contributed by atoms with E-state index in [2.05, 4.69) is 0 Å². The summed E-state index contributed by atoms with van der Waals surface area (Å²) in [5.74, 6) is 0. The number of nitrogens with two attached hydrogens (primary N) is 1. The molecule has 0 spiro atoms. The molecule has 0 aliphatic rings. The van der Waals surface area contributed by atoms with E-state index in [1.165, 1.54) is 0 Å². The number of nitrogens with zero attached hydrogens (tertiary/aromatic N) is 1. The van der Waals surface area contributed by atoms with Crippen molar-refractivity contribution in [3.63, 3.8) is 0 Å². The summed E-state index contributed by atoms with van der Waals surface area (Å²) in [4.78, 5) is 10.6. The van der Waals surface area contributed by atoms with Gasteiger partial charge >= 0.3 is 6.03 Å². The minimum Gasteiger partial charge on any atom is -0.388 e. The third-order valence-corrected chi connectivity index (χ3v) is 1.32. The van der Waals surface area contributed by atoms with E-state index in [1.807, 2.05) is 0 Å². The zero-order valence-electron chi connectivity index (χ0n) is 6.66. The van der Waals surface area contributed by atoms with Gasteiger partial charge in [0.25, 0.3) is 0 Å². The highest BCUT2D eigenvalue weighted by atomic mass is 16.3. The van der Waals surface area contributed by atoms with E-state index in [9.17, 15) is 4.79 Å². The Kier molecular flexibility index (Phi) is 2.80. The number of quaternary nitrogens is 1. The number of carbonyl (C=O) groups is 1. The van der Waals surface area contributed by atoms with Crippen molar-refractivity contribution < 1.29 is 14.4 Å². The number of primary amides is 1. The van der Waals surface area contributed by atoms with E-state index in [1.54, 1.807) is 21.0 Å². The minimum atomic E-state index is -0.498. The van der Waals surface area contributed by atoms with Gasteiger partial charge < -0.3 is 10.8 Å². The molecule has 60 valence electrons. The zero-order valence-corrected chi connectivity index (χ0v) is 6.66. The van der Waals surface area contributed by atoms with E-state index in [0.29, 0.717) is 6.54 Å². The summed E-state index contributed by atoms with van der Waals surface area (Å²) in [6.45, 7) is 1.98. The topological polar surface area (TPSA) is 63.3 Å². The molecular weight excluding hydrogens is 132 g/mol. The zero-order chi connectivity index (χ0) is 8.36. The average molecular weight is 147 g/mol. The third kappa shape index (κ3) is 2.80. The van der Waals surface area contributed by atoms with E-state index in [-0.39, 0.29) is 4.48 Å². The minimum absolute atomic E-state index is 0.0255. The highest BCUT2D eigenvalue weighted by Crippen LogP contribution is 1.97. The van der Waals surface area contributed by atoms with Crippen molar-refractivity contribution in [3.05, 3.63) is 0 Å². The fourth-order valence-electron chi connectivity index (χ4n) is 0.751. The Morgan fingerprint density at radius 3 is 2.20 bits per heavy atom. The highest BCUT2D eigenvalue weighted by Gasteiger charge is 2.24. The second-order valence-electron chi connectivity index (χ2n) is 3.05. The first kappa shape index (κ1) is 9.39. The largest absolute Gasteiger partial charge is 0.413 e. The number of rotatable bonds is 2. The summed E-state index contributed by atoms with van der Waals surface area (Å²) < 4.78 is 0.0255. The summed E-state index contributed by atoms with van der Waals surface area (Å²) in [7, 11) is 3.32. The van der Waals surface area contributed by atoms with Crippen LogP contribution >= 0.6 is 0 Å². The van der Waals surface area contributed by atoms with Crippen LogP contribution in [0.4, 0.5) is 4.79 Å². The lowest BCUT2D eigenvalue weighted by atomic mass is 10.3. The van der Waals surface area contributed by atoms with Gasteiger partial charge in [-0.1, -0.05) is 0 Å². The van der Waals surface area contributed by atoms with Gasteiger partial charge in [-0.05, 0) is 6.92 Å². The van der Waals surface area contributed by atoms with Gasteiger partial charge in [-0.15, -0.1) is 0 Å². The van der Waals surface area contributed by atoms with Gasteiger partial charge in [0.2, 0.25) is 0 Å². The van der Waals surface area contributed by atoms with Gasteiger partial charge in [0.15, 0.2) is 0 Å². The quantitative estimate of drug-likeness (QED) is 0.518. The molecule has 0 heterocycles. The van der Waals surface area contributed by atoms with Crippen LogP contribution in [0.15, 0.2) is 0 Å². The second kappa shape index (κ2) is 2.98. The molecule has 10 heavy (non-hydrogen) atoms. The number of carbonyl (C=O) groups excluding carboxylic acids is 1. The lowest BCUT2D eigenvalue weighted by Crippen LogP contribution is -2.52. The van der Waals surface area contributed by atoms with E-state index < -0.39 is 12.1 Å². The Balaban J connectivity index is 4.00. The first-order valence-electron chi connectivity index (χ1n) is 3.17. The highest BCUT2D eigenvalue weighted by molar-refractivity contribution is 5.63. The Bertz CT molecular complexity index is 132. The number of hydrogen-bond donors (Lipinski definition) is 2. The number of urea groups is 1. The van der Waals surface area contributed by atoms with Crippen molar-refractivity contribution in [3.8, 4) is 0 Å². The summed E-state index contributed by atoms with van der Waals surface area (Å²) >= 11 is 0. The predicted molar refractivity (Wildman–Crippen MR) is 38.2 cm³/mol. The van der Waals surface area contributed by atoms with Crippen LogP contribution in [0, 0.1) is 0 Å². The molecule has 0 aliphatic carbocycles. The maximum absolute atomic E-state index is 10.6. The Morgan fingerprint density at radius 2 is 2.10 bits per heavy atom. The molecule has 0 aliphatic heterocycles. The predicted octanol–water partition coefficient (Wildman–Crippen LogP) is -0.478. The molecule has 0 aromatic heterocycles. The number of amides is 2. The lowest BCUT2D eigenvalue weighted by molar-refractivity contribution is -0.811. The molecule has 0 fully saturated rings. The maximum atomic E-state index is 10.6. The number of aliphatic hydroxyl groups is 1. The molecule has 3 N–H and O–H groups in total. The molecule has 1 unspecified atom stereocenters. The van der Waals surface area contributed by atoms with Gasteiger partial charge in [-0.25, -0.2) is 9.28 Å². The van der Waals surface area contributed by atoms with Crippen LogP contribution in [-0.4, -0.2) is 42.4 Å². The molecular formula is C6H15N2O2+. The normalized spacial score (nSPS) is 14.8. The fourth-order valence-corrected chi connectivity index (χ4v) is 0.751. The van der Waals surface area contributed by atoms with Crippen molar-refractivity contribution in [2.24, 2.45) is 5.73 Å². The van der Waals surface area contributed by atoms with Gasteiger partial charge in [0.05, 0.1) is 14.1 Å². The van der Waals surface area contributed by atoms with Crippen molar-refractivity contribution in [1.29, 1.82) is 0 Å². The average Bonchev–Trinajstić information content (AvgIpc) is 1.60. The van der Waals surface area contributed by atoms with E-state index in [0.717, 1.165) is 0 Å². The summed E-state index contributed by atoms with van der Waals surface area (Å²) in [5.41, 5.74) is 5.04. The molecule has 0 saturated carbocycles. The van der Waals surface area contributed by atoms with Gasteiger partial charge in [0, 0.05) is 0 Å². The fraction of sp³-hybridized carbons (Fsp3) is 0.833. The molecule has 0 radical (unpaired) electrons. The van der Waals surface area contributed by atoms with Crippen LogP contribution in [-0.2, 0) is 0 Å². The van der Waals surface area contributed by atoms with E-state index in [4.69, 9.17) is 10.8 Å². The van der Waals surface area contributed by atoms with Crippen LogP contribution in [0.5, 0.6) is 0 Å². The summed E-state index contributed by atoms with van der Waals surface area (Å²) in [6, 6.07) is -0.430. The van der Waals surface area contributed by atoms with Crippen LogP contribution in [0.1, 0.15) is 6.92 Å². The molecule has 0 saturated heterocycles. The Morgan fingerprint density at radius 1 is 1.70 bits per heavy atom. The molecule has 4 heteroatoms. The monoisotopic (exact) mass is 147 g/mol. The van der Waals surface area contributed by atoms with Crippen molar-refractivity contribution in [2.75, 3.05) is 20.6 Å². The first-order valence-corrected chi connectivity index (χ1v) is 3.17. The smallest absolute Gasteiger partial charge is 0.388 e. The van der Waals surface area contributed by atoms with Crippen molar-refractivity contribution in [1.82, 2.24) is 0 Å². The van der Waals surface area contributed by atoms with Gasteiger partial charge in [0.1, 0.15) is 12.6 Å². The third-order valence-electron chi connectivity index (χ3n) is 1.32. The van der Waals surface area contributed by atoms with E-state index >= 15 is 0 Å². The Labute approximate surface area is 60.8 Å². The van der Waals surface area contributed by atoms with Crippen molar-refractivity contribution in [2.45, 2.75) is 13.0 Å². The van der Waals surface area contributed by atoms with Gasteiger partial charge in [-0.3, -0.25) is 0 Å². The molecule has 0 rings (SSSR count). The van der Waals surface area contributed by atoms with Gasteiger partial charge in [-0.2, -0.15) is 0 Å². The molecule has 0 bridgehead atoms. The summed E-state index contributed by atoms with van der Waals surface area (Å²) in [5, 5.41) is 8.91. The Hall–Kier alpha value is -0.610. The first-order chi connectivity index (χ1) is 4.36. The SMILES string of the molecule is CC(O)C[N+](C)(C)C(N)=O. The van der Waals surface area contributed by atoms with Crippen LogP contribution in [0.2, 0.25) is 0 Å².